The van der Waals surface area contributed by atoms with E-state index in [1.165, 1.54) is 6.07 Å². The molecular formula is C10H13ClN2O3S. The minimum atomic E-state index is -2.08. The van der Waals surface area contributed by atoms with Crippen molar-refractivity contribution in [1.29, 1.82) is 0 Å². The van der Waals surface area contributed by atoms with Gasteiger partial charge >= 0.3 is 0 Å². The van der Waals surface area contributed by atoms with Gasteiger partial charge in [-0.25, -0.2) is 4.21 Å². The first-order chi connectivity index (χ1) is 8.09. The van der Waals surface area contributed by atoms with E-state index in [-0.39, 0.29) is 4.90 Å². The molecule has 2 rings (SSSR count). The van der Waals surface area contributed by atoms with Crippen molar-refractivity contribution < 1.29 is 13.5 Å². The Hall–Kier alpha value is -0.820. The summed E-state index contributed by atoms with van der Waals surface area (Å²) in [5.41, 5.74) is 6.59. The van der Waals surface area contributed by atoms with Crippen LogP contribution in [-0.2, 0) is 15.8 Å². The maximum absolute atomic E-state index is 11.3. The van der Waals surface area contributed by atoms with Gasteiger partial charge < -0.3 is 19.9 Å². The lowest BCUT2D eigenvalue weighted by molar-refractivity contribution is 0.122. The van der Waals surface area contributed by atoms with Gasteiger partial charge in [0.15, 0.2) is 11.1 Å². The van der Waals surface area contributed by atoms with Crippen molar-refractivity contribution in [3.8, 4) is 0 Å². The molecule has 1 heterocycles. The van der Waals surface area contributed by atoms with Gasteiger partial charge in [-0.05, 0) is 12.1 Å². The summed E-state index contributed by atoms with van der Waals surface area (Å²) in [6.45, 7) is 2.54. The summed E-state index contributed by atoms with van der Waals surface area (Å²) in [6.07, 6.45) is 0. The minimum Gasteiger partial charge on any atom is -0.397 e. The number of nitrogen functional groups attached to an aromatic ring is 1. The van der Waals surface area contributed by atoms with Crippen molar-refractivity contribution in [3.63, 3.8) is 0 Å². The van der Waals surface area contributed by atoms with Crippen LogP contribution in [0.1, 0.15) is 0 Å². The van der Waals surface area contributed by atoms with E-state index < -0.39 is 11.1 Å². The molecule has 1 saturated heterocycles. The molecule has 0 amide bonds. The molecule has 1 aromatic rings. The molecule has 0 saturated carbocycles. The van der Waals surface area contributed by atoms with Crippen LogP contribution < -0.4 is 10.6 Å². The first-order valence-corrected chi connectivity index (χ1v) is 6.60. The fourth-order valence-corrected chi connectivity index (χ4v) is 2.50. The highest BCUT2D eigenvalue weighted by atomic mass is 35.5. The van der Waals surface area contributed by atoms with E-state index in [0.29, 0.717) is 42.7 Å². The van der Waals surface area contributed by atoms with Crippen LogP contribution in [0.4, 0.5) is 11.4 Å². The Balaban J connectivity index is 2.42. The molecule has 94 valence electrons. The largest absolute Gasteiger partial charge is 0.397 e. The Kier molecular flexibility index (Phi) is 3.88. The minimum absolute atomic E-state index is 0.286. The monoisotopic (exact) mass is 276 g/mol. The first-order valence-electron chi connectivity index (χ1n) is 5.12. The molecule has 5 nitrogen and oxygen atoms in total. The standard InChI is InChI=1S/C10H13ClN2O3S/c11-7-5-9(13-1-3-16-4-2-13)10(17(14)15)6-8(7)12/h5-6H,1-4,12H2,(H,14,15). The number of nitrogens with zero attached hydrogens (tertiary/aromatic N) is 1. The van der Waals surface area contributed by atoms with Crippen molar-refractivity contribution in [3.05, 3.63) is 17.2 Å². The summed E-state index contributed by atoms with van der Waals surface area (Å²) in [5.74, 6) is 0. The van der Waals surface area contributed by atoms with Crippen LogP contribution >= 0.6 is 11.6 Å². The summed E-state index contributed by atoms with van der Waals surface area (Å²) < 4.78 is 25.8. The topological polar surface area (TPSA) is 75.8 Å². The number of anilines is 2. The smallest absolute Gasteiger partial charge is 0.188 e. The predicted octanol–water partition coefficient (Wildman–Crippen LogP) is 1.34. The van der Waals surface area contributed by atoms with Crippen molar-refractivity contribution in [1.82, 2.24) is 0 Å². The number of hydrogen-bond acceptors (Lipinski definition) is 4. The number of rotatable bonds is 2. The van der Waals surface area contributed by atoms with Crippen LogP contribution in [0.5, 0.6) is 0 Å². The molecule has 1 aromatic carbocycles. The quantitative estimate of drug-likeness (QED) is 0.630. The average Bonchev–Trinajstić information content (AvgIpc) is 2.33. The van der Waals surface area contributed by atoms with Crippen molar-refractivity contribution in [2.24, 2.45) is 0 Å². The molecule has 1 aliphatic heterocycles. The Bertz CT molecular complexity index is 449. The van der Waals surface area contributed by atoms with Crippen LogP contribution in [0, 0.1) is 0 Å². The SMILES string of the molecule is Nc1cc(S(=O)O)c(N2CCOCC2)cc1Cl. The molecule has 1 atom stereocenters. The number of benzene rings is 1. The molecule has 1 fully saturated rings. The van der Waals surface area contributed by atoms with Gasteiger partial charge in [0.1, 0.15) is 0 Å². The third-order valence-corrected chi connectivity index (χ3v) is 3.65. The second-order valence-corrected chi connectivity index (χ2v) is 5.04. The third-order valence-electron chi connectivity index (χ3n) is 2.62. The lowest BCUT2D eigenvalue weighted by atomic mass is 10.2. The van der Waals surface area contributed by atoms with Crippen LogP contribution in [0.25, 0.3) is 0 Å². The molecule has 7 heteroatoms. The van der Waals surface area contributed by atoms with Gasteiger partial charge in [0.2, 0.25) is 0 Å². The zero-order chi connectivity index (χ0) is 12.4. The zero-order valence-electron chi connectivity index (χ0n) is 9.06. The van der Waals surface area contributed by atoms with Gasteiger partial charge in [-0.15, -0.1) is 0 Å². The normalized spacial score (nSPS) is 18.1. The number of hydrogen-bond donors (Lipinski definition) is 2. The fourth-order valence-electron chi connectivity index (χ4n) is 1.75. The van der Waals surface area contributed by atoms with Gasteiger partial charge in [-0.2, -0.15) is 0 Å². The fraction of sp³-hybridized carbons (Fsp3) is 0.400. The van der Waals surface area contributed by atoms with Crippen LogP contribution in [-0.4, -0.2) is 35.1 Å². The molecule has 0 spiro atoms. The van der Waals surface area contributed by atoms with Gasteiger partial charge in [-0.1, -0.05) is 11.6 Å². The zero-order valence-corrected chi connectivity index (χ0v) is 10.6. The molecule has 0 radical (unpaired) electrons. The highest BCUT2D eigenvalue weighted by molar-refractivity contribution is 7.79. The van der Waals surface area contributed by atoms with E-state index in [1.54, 1.807) is 6.07 Å². The van der Waals surface area contributed by atoms with Gasteiger partial charge in [-0.3, -0.25) is 0 Å². The van der Waals surface area contributed by atoms with Crippen LogP contribution in [0.15, 0.2) is 17.0 Å². The summed E-state index contributed by atoms with van der Waals surface area (Å²) in [5, 5.41) is 0.390. The number of halogens is 1. The highest BCUT2D eigenvalue weighted by Gasteiger charge is 2.19. The molecule has 0 aliphatic carbocycles. The average molecular weight is 277 g/mol. The lowest BCUT2D eigenvalue weighted by Gasteiger charge is -2.30. The Morgan fingerprint density at radius 1 is 1.41 bits per heavy atom. The molecule has 0 bridgehead atoms. The van der Waals surface area contributed by atoms with Crippen molar-refractivity contribution >= 4 is 34.1 Å². The van der Waals surface area contributed by atoms with Crippen LogP contribution in [0.2, 0.25) is 5.02 Å². The maximum Gasteiger partial charge on any atom is 0.188 e. The number of ether oxygens (including phenoxy) is 1. The molecular weight excluding hydrogens is 264 g/mol. The third kappa shape index (κ3) is 2.71. The van der Waals surface area contributed by atoms with E-state index in [9.17, 15) is 8.76 Å². The van der Waals surface area contributed by atoms with E-state index in [4.69, 9.17) is 22.1 Å². The maximum atomic E-state index is 11.3. The predicted molar refractivity (Wildman–Crippen MR) is 67.9 cm³/mol. The summed E-state index contributed by atoms with van der Waals surface area (Å²) in [6, 6.07) is 3.08. The summed E-state index contributed by atoms with van der Waals surface area (Å²) in [7, 11) is 0. The van der Waals surface area contributed by atoms with Crippen molar-refractivity contribution in [2.75, 3.05) is 36.9 Å². The van der Waals surface area contributed by atoms with E-state index >= 15 is 0 Å². The summed E-state index contributed by atoms with van der Waals surface area (Å²) in [4.78, 5) is 2.26. The van der Waals surface area contributed by atoms with Gasteiger partial charge in [0.05, 0.1) is 34.5 Å². The summed E-state index contributed by atoms with van der Waals surface area (Å²) >= 11 is 3.86. The van der Waals surface area contributed by atoms with Gasteiger partial charge in [0.25, 0.3) is 0 Å². The second-order valence-electron chi connectivity index (χ2n) is 3.69. The molecule has 17 heavy (non-hydrogen) atoms. The Morgan fingerprint density at radius 3 is 2.65 bits per heavy atom. The highest BCUT2D eigenvalue weighted by Crippen LogP contribution is 2.32. The van der Waals surface area contributed by atoms with Crippen LogP contribution in [0.3, 0.4) is 0 Å². The van der Waals surface area contributed by atoms with Gasteiger partial charge in [0, 0.05) is 13.1 Å². The van der Waals surface area contributed by atoms with E-state index in [0.717, 1.165) is 0 Å². The van der Waals surface area contributed by atoms with E-state index in [1.807, 2.05) is 4.90 Å². The molecule has 3 N–H and O–H groups in total. The second kappa shape index (κ2) is 5.22. The molecule has 1 unspecified atom stereocenters. The molecule has 0 aromatic heterocycles. The lowest BCUT2D eigenvalue weighted by Crippen LogP contribution is -2.36. The van der Waals surface area contributed by atoms with Crippen molar-refractivity contribution in [2.45, 2.75) is 4.90 Å². The Morgan fingerprint density at radius 2 is 2.06 bits per heavy atom. The number of nitrogens with two attached hydrogens (primary N) is 1. The molecule has 1 aliphatic rings. The first kappa shape index (κ1) is 12.6. The van der Waals surface area contributed by atoms with E-state index in [2.05, 4.69) is 0 Å². The Labute approximate surface area is 107 Å². The number of morpholine rings is 1.